The Morgan fingerprint density at radius 3 is 2.42 bits per heavy atom. The topological polar surface area (TPSA) is 26.3 Å². The Morgan fingerprint density at radius 2 is 1.79 bits per heavy atom. The molecular weight excluding hydrogens is 304 g/mol. The number of ether oxygens (including phenoxy) is 1. The fraction of sp³-hybridized carbons (Fsp3) is 0.188. The quantitative estimate of drug-likeness (QED) is 0.627. The number of esters is 1. The molecule has 3 heteroatoms. The minimum atomic E-state index is -0.305. The van der Waals surface area contributed by atoms with Crippen molar-refractivity contribution in [2.75, 3.05) is 12.4 Å². The van der Waals surface area contributed by atoms with Gasteiger partial charge in [-0.15, -0.1) is 0 Å². The van der Waals surface area contributed by atoms with Crippen LogP contribution in [0.15, 0.2) is 48.5 Å². The molecule has 0 bridgehead atoms. The van der Waals surface area contributed by atoms with Crippen LogP contribution in [0.5, 0.6) is 0 Å². The molecule has 98 valence electrons. The van der Waals surface area contributed by atoms with Gasteiger partial charge in [0.15, 0.2) is 0 Å². The summed E-state index contributed by atoms with van der Waals surface area (Å²) in [5, 5.41) is 0.949. The zero-order valence-corrected chi connectivity index (χ0v) is 12.3. The number of aryl methyl sites for hydroxylation is 1. The van der Waals surface area contributed by atoms with E-state index < -0.39 is 0 Å². The number of halogens is 1. The third-order valence-corrected chi connectivity index (χ3v) is 3.38. The first-order chi connectivity index (χ1) is 9.26. The van der Waals surface area contributed by atoms with Crippen LogP contribution in [-0.4, -0.2) is 18.4 Å². The molecule has 0 aliphatic rings. The van der Waals surface area contributed by atoms with Crippen molar-refractivity contribution in [1.82, 2.24) is 0 Å². The van der Waals surface area contributed by atoms with E-state index in [-0.39, 0.29) is 5.97 Å². The SMILES string of the molecule is COC(=O)c1ccccc1-c1ccc(CCBr)cc1. The van der Waals surface area contributed by atoms with Gasteiger partial charge in [-0.25, -0.2) is 4.79 Å². The maximum Gasteiger partial charge on any atom is 0.338 e. The average Bonchev–Trinajstić information content (AvgIpc) is 2.47. The molecule has 0 spiro atoms. The molecular formula is C16H15BrO2. The summed E-state index contributed by atoms with van der Waals surface area (Å²) in [5.41, 5.74) is 3.80. The van der Waals surface area contributed by atoms with Gasteiger partial charge in [-0.3, -0.25) is 0 Å². The third kappa shape index (κ3) is 3.24. The second-order valence-corrected chi connectivity index (χ2v) is 4.97. The van der Waals surface area contributed by atoms with Crippen molar-refractivity contribution in [2.45, 2.75) is 6.42 Å². The van der Waals surface area contributed by atoms with Crippen molar-refractivity contribution in [2.24, 2.45) is 0 Å². The van der Waals surface area contributed by atoms with E-state index in [1.54, 1.807) is 6.07 Å². The molecule has 0 saturated carbocycles. The first-order valence-electron chi connectivity index (χ1n) is 6.09. The van der Waals surface area contributed by atoms with Gasteiger partial charge in [0.1, 0.15) is 0 Å². The molecule has 0 aliphatic carbocycles. The smallest absolute Gasteiger partial charge is 0.338 e. The van der Waals surface area contributed by atoms with Crippen LogP contribution in [0.2, 0.25) is 0 Å². The van der Waals surface area contributed by atoms with Crippen LogP contribution in [0.25, 0.3) is 11.1 Å². The van der Waals surface area contributed by atoms with E-state index in [9.17, 15) is 4.79 Å². The second kappa shape index (κ2) is 6.53. The molecule has 0 atom stereocenters. The highest BCUT2D eigenvalue weighted by molar-refractivity contribution is 9.09. The summed E-state index contributed by atoms with van der Waals surface area (Å²) in [7, 11) is 1.40. The number of rotatable bonds is 4. The van der Waals surface area contributed by atoms with Gasteiger partial charge in [-0.2, -0.15) is 0 Å². The second-order valence-electron chi connectivity index (χ2n) is 4.17. The van der Waals surface area contributed by atoms with Crippen LogP contribution in [0.1, 0.15) is 15.9 Å². The lowest BCUT2D eigenvalue weighted by molar-refractivity contribution is 0.0601. The van der Waals surface area contributed by atoms with Crippen molar-refractivity contribution in [3.8, 4) is 11.1 Å². The Bertz CT molecular complexity index is 561. The van der Waals surface area contributed by atoms with E-state index in [4.69, 9.17) is 4.74 Å². The largest absolute Gasteiger partial charge is 0.465 e. The van der Waals surface area contributed by atoms with E-state index in [1.807, 2.05) is 30.3 Å². The standard InChI is InChI=1S/C16H15BrO2/c1-19-16(18)15-5-3-2-4-14(15)13-8-6-12(7-9-13)10-11-17/h2-9H,10-11H2,1H3. The Labute approximate surface area is 121 Å². The summed E-state index contributed by atoms with van der Waals surface area (Å²) in [6, 6.07) is 15.7. The monoisotopic (exact) mass is 318 g/mol. The van der Waals surface area contributed by atoms with E-state index in [0.29, 0.717) is 5.56 Å². The molecule has 0 saturated heterocycles. The van der Waals surface area contributed by atoms with Gasteiger partial charge >= 0.3 is 5.97 Å². The van der Waals surface area contributed by atoms with Gasteiger partial charge in [0.2, 0.25) is 0 Å². The van der Waals surface area contributed by atoms with Crippen LogP contribution in [0.3, 0.4) is 0 Å². The minimum absolute atomic E-state index is 0.305. The number of hydrogen-bond acceptors (Lipinski definition) is 2. The molecule has 2 aromatic rings. The summed E-state index contributed by atoms with van der Waals surface area (Å²) in [6.45, 7) is 0. The van der Waals surface area contributed by atoms with E-state index in [1.165, 1.54) is 12.7 Å². The summed E-state index contributed by atoms with van der Waals surface area (Å²) in [4.78, 5) is 11.7. The lowest BCUT2D eigenvalue weighted by atomic mass is 9.98. The first-order valence-corrected chi connectivity index (χ1v) is 7.21. The third-order valence-electron chi connectivity index (χ3n) is 2.98. The maximum atomic E-state index is 11.7. The lowest BCUT2D eigenvalue weighted by Gasteiger charge is -2.08. The van der Waals surface area contributed by atoms with Crippen molar-refractivity contribution in [3.63, 3.8) is 0 Å². The number of methoxy groups -OCH3 is 1. The summed E-state index contributed by atoms with van der Waals surface area (Å²) in [5.74, 6) is -0.305. The maximum absolute atomic E-state index is 11.7. The van der Waals surface area contributed by atoms with Gasteiger partial charge in [0, 0.05) is 5.33 Å². The lowest BCUT2D eigenvalue weighted by Crippen LogP contribution is -2.03. The molecule has 0 amide bonds. The highest BCUT2D eigenvalue weighted by atomic mass is 79.9. The van der Waals surface area contributed by atoms with Gasteiger partial charge in [0.25, 0.3) is 0 Å². The number of benzene rings is 2. The predicted octanol–water partition coefficient (Wildman–Crippen LogP) is 4.08. The molecule has 0 aliphatic heterocycles. The van der Waals surface area contributed by atoms with Crippen molar-refractivity contribution >= 4 is 21.9 Å². The number of alkyl halides is 1. The van der Waals surface area contributed by atoms with Crippen LogP contribution in [0.4, 0.5) is 0 Å². The Hall–Kier alpha value is -1.61. The molecule has 0 heterocycles. The Morgan fingerprint density at radius 1 is 1.11 bits per heavy atom. The zero-order chi connectivity index (χ0) is 13.7. The Kier molecular flexibility index (Phi) is 4.74. The highest BCUT2D eigenvalue weighted by Crippen LogP contribution is 2.24. The molecule has 2 nitrogen and oxygen atoms in total. The van der Waals surface area contributed by atoms with E-state index >= 15 is 0 Å². The highest BCUT2D eigenvalue weighted by Gasteiger charge is 2.12. The molecule has 2 aromatic carbocycles. The van der Waals surface area contributed by atoms with Gasteiger partial charge < -0.3 is 4.74 Å². The average molecular weight is 319 g/mol. The van der Waals surface area contributed by atoms with Crippen LogP contribution in [-0.2, 0) is 11.2 Å². The minimum Gasteiger partial charge on any atom is -0.465 e. The van der Waals surface area contributed by atoms with Crippen molar-refractivity contribution in [3.05, 3.63) is 59.7 Å². The molecule has 19 heavy (non-hydrogen) atoms. The predicted molar refractivity (Wildman–Crippen MR) is 80.7 cm³/mol. The fourth-order valence-electron chi connectivity index (χ4n) is 1.98. The number of carbonyl (C=O) groups is 1. The molecule has 0 unspecified atom stereocenters. The van der Waals surface area contributed by atoms with E-state index in [2.05, 4.69) is 28.1 Å². The summed E-state index contributed by atoms with van der Waals surface area (Å²) < 4.78 is 4.82. The fourth-order valence-corrected chi connectivity index (χ4v) is 2.44. The van der Waals surface area contributed by atoms with Crippen molar-refractivity contribution < 1.29 is 9.53 Å². The number of hydrogen-bond donors (Lipinski definition) is 0. The molecule has 0 fully saturated rings. The van der Waals surface area contributed by atoms with Crippen molar-refractivity contribution in [1.29, 1.82) is 0 Å². The number of carbonyl (C=O) groups excluding carboxylic acids is 1. The van der Waals surface area contributed by atoms with Gasteiger partial charge in [-0.05, 0) is 29.2 Å². The van der Waals surface area contributed by atoms with Crippen LogP contribution >= 0.6 is 15.9 Å². The van der Waals surface area contributed by atoms with Gasteiger partial charge in [-0.1, -0.05) is 58.4 Å². The molecule has 0 radical (unpaired) electrons. The van der Waals surface area contributed by atoms with Gasteiger partial charge in [0.05, 0.1) is 12.7 Å². The first kappa shape index (κ1) is 13.8. The summed E-state index contributed by atoms with van der Waals surface area (Å²) >= 11 is 3.43. The zero-order valence-electron chi connectivity index (χ0n) is 10.7. The van der Waals surface area contributed by atoms with Crippen LogP contribution in [0, 0.1) is 0 Å². The summed E-state index contributed by atoms with van der Waals surface area (Å²) in [6.07, 6.45) is 0.999. The Balaban J connectivity index is 2.38. The normalized spacial score (nSPS) is 10.2. The molecule has 0 aromatic heterocycles. The molecule has 2 rings (SSSR count). The molecule has 0 N–H and O–H groups in total. The van der Waals surface area contributed by atoms with E-state index in [0.717, 1.165) is 22.9 Å². The van der Waals surface area contributed by atoms with Crippen LogP contribution < -0.4 is 0 Å².